The van der Waals surface area contributed by atoms with Crippen molar-refractivity contribution >= 4 is 186 Å². The zero-order chi connectivity index (χ0) is 40.2. The van der Waals surface area contributed by atoms with Gasteiger partial charge in [0.1, 0.15) is 0 Å². The Bertz CT molecular complexity index is 1300. The summed E-state index contributed by atoms with van der Waals surface area (Å²) in [6, 6.07) is 13.8. The molecule has 0 saturated heterocycles. The molecular formula is C26H30Cl6N8O8S4. The molecule has 2 aromatic carbocycles. The van der Waals surface area contributed by atoms with Gasteiger partial charge < -0.3 is 40.2 Å². The molecule has 0 atom stereocenters. The molecule has 0 aromatic heterocycles. The third-order valence-electron chi connectivity index (χ3n) is 4.45. The lowest BCUT2D eigenvalue weighted by Gasteiger charge is -2.15. The fraction of sp³-hybridized carbons (Fsp3) is 0.231. The number of alkyl halides is 6. The highest BCUT2D eigenvalue weighted by molar-refractivity contribution is 7.81. The lowest BCUT2D eigenvalue weighted by Crippen LogP contribution is -2.35. The van der Waals surface area contributed by atoms with Crippen molar-refractivity contribution in [3.8, 4) is 0 Å². The normalized spacial score (nSPS) is 9.15. The Labute approximate surface area is 349 Å². The van der Waals surface area contributed by atoms with Gasteiger partial charge in [0.15, 0.2) is 29.0 Å². The highest BCUT2D eigenvalue weighted by Crippen LogP contribution is 2.21. The summed E-state index contributed by atoms with van der Waals surface area (Å²) in [5.41, 5.74) is 2.16. The molecule has 0 aliphatic carbocycles. The maximum absolute atomic E-state index is 11.1. The molecule has 288 valence electrons. The van der Waals surface area contributed by atoms with Crippen molar-refractivity contribution in [3.05, 3.63) is 48.5 Å². The van der Waals surface area contributed by atoms with Crippen molar-refractivity contribution in [1.82, 2.24) is 21.3 Å². The summed E-state index contributed by atoms with van der Waals surface area (Å²) < 4.78 is 16.2. The van der Waals surface area contributed by atoms with Crippen LogP contribution in [-0.4, -0.2) is 81.9 Å². The van der Waals surface area contributed by atoms with Gasteiger partial charge in [-0.2, -0.15) is 0 Å². The number of methoxy groups -OCH3 is 4. The summed E-state index contributed by atoms with van der Waals surface area (Å²) >= 11 is 48.7. The minimum absolute atomic E-state index is 0.0490. The number of rotatable bonds is 4. The number of benzene rings is 2. The molecule has 0 heterocycles. The molecule has 16 nitrogen and oxygen atoms in total. The van der Waals surface area contributed by atoms with Crippen molar-refractivity contribution in [1.29, 1.82) is 0 Å². The van der Waals surface area contributed by atoms with E-state index in [1.165, 1.54) is 28.4 Å². The van der Waals surface area contributed by atoms with Gasteiger partial charge >= 0.3 is 24.4 Å². The maximum atomic E-state index is 11.1. The smallest absolute Gasteiger partial charge is 0.413 e. The number of anilines is 4. The topological polar surface area (TPSA) is 201 Å². The lowest BCUT2D eigenvalue weighted by atomic mass is 10.2. The Kier molecular flexibility index (Phi) is 29.7. The van der Waals surface area contributed by atoms with Gasteiger partial charge in [-0.05, 0) is 73.1 Å². The second-order valence-corrected chi connectivity index (χ2v) is 13.5. The van der Waals surface area contributed by atoms with E-state index in [9.17, 15) is 19.2 Å². The molecule has 0 bridgehead atoms. The van der Waals surface area contributed by atoms with Crippen LogP contribution in [0.15, 0.2) is 48.5 Å². The zero-order valence-electron chi connectivity index (χ0n) is 26.9. The van der Waals surface area contributed by atoms with Crippen LogP contribution in [-0.2, 0) is 18.9 Å². The molecule has 0 aliphatic rings. The van der Waals surface area contributed by atoms with Crippen molar-refractivity contribution in [2.24, 2.45) is 0 Å². The van der Waals surface area contributed by atoms with Crippen molar-refractivity contribution < 1.29 is 38.1 Å². The van der Waals surface area contributed by atoms with Gasteiger partial charge in [0.05, 0.1) is 51.2 Å². The van der Waals surface area contributed by atoms with Gasteiger partial charge in [-0.25, -0.2) is 19.2 Å². The average Bonchev–Trinajstić information content (AvgIpc) is 3.05. The van der Waals surface area contributed by atoms with E-state index in [0.29, 0.717) is 22.7 Å². The highest BCUT2D eigenvalue weighted by Gasteiger charge is 2.11. The molecule has 0 saturated carbocycles. The molecule has 0 radical (unpaired) electrons. The van der Waals surface area contributed by atoms with Crippen LogP contribution in [0, 0.1) is 0 Å². The molecule has 2 rings (SSSR count). The summed E-state index contributed by atoms with van der Waals surface area (Å²) in [6.07, 6.45) is -2.76. The molecule has 8 N–H and O–H groups in total. The van der Waals surface area contributed by atoms with E-state index in [-0.39, 0.29) is 20.4 Å². The van der Waals surface area contributed by atoms with E-state index in [4.69, 9.17) is 118 Å². The van der Waals surface area contributed by atoms with Gasteiger partial charge in [0.2, 0.25) is 0 Å². The first-order chi connectivity index (χ1) is 24.4. The first kappa shape index (κ1) is 50.9. The van der Waals surface area contributed by atoms with Crippen LogP contribution in [0.4, 0.5) is 41.9 Å². The van der Waals surface area contributed by atoms with E-state index in [1.807, 2.05) is 0 Å². The largest absolute Gasteiger partial charge is 0.453 e. The summed E-state index contributed by atoms with van der Waals surface area (Å²) in [5, 5.41) is 20.6. The van der Waals surface area contributed by atoms with Crippen molar-refractivity contribution in [2.75, 3.05) is 49.7 Å². The second-order valence-electron chi connectivity index (χ2n) is 7.87. The van der Waals surface area contributed by atoms with Crippen LogP contribution in [0.5, 0.6) is 0 Å². The van der Waals surface area contributed by atoms with Gasteiger partial charge in [-0.1, -0.05) is 93.9 Å². The number of para-hydroxylation sites is 4. The van der Waals surface area contributed by atoms with E-state index in [0.717, 1.165) is 0 Å². The first-order valence-corrected chi connectivity index (χ1v) is 17.3. The standard InChI is InChI=1S/2C12H14N4O4S2.2CHCl3/c2*1-19-11(17)15-9(21)13-7-5-3-4-6-8(7)14-10(22)16-12(18)20-2;2*2-1(3)4/h2*3-6H,1-2H3,(H2,13,15,17,21)(H2,14,16,18,22);2*1H. The van der Waals surface area contributed by atoms with Gasteiger partial charge in [0, 0.05) is 0 Å². The molecular weight excluding hydrogens is 893 g/mol. The molecule has 0 fully saturated rings. The Morgan fingerprint density at radius 1 is 0.442 bits per heavy atom. The van der Waals surface area contributed by atoms with Crippen LogP contribution in [0.3, 0.4) is 0 Å². The Morgan fingerprint density at radius 3 is 0.731 bits per heavy atom. The maximum Gasteiger partial charge on any atom is 0.413 e. The van der Waals surface area contributed by atoms with E-state index < -0.39 is 33.0 Å². The molecule has 0 spiro atoms. The van der Waals surface area contributed by atoms with Crippen LogP contribution >= 0.6 is 118 Å². The Hall–Kier alpha value is -3.18. The van der Waals surface area contributed by atoms with Crippen LogP contribution in [0.2, 0.25) is 0 Å². The molecule has 26 heteroatoms. The summed E-state index contributed by atoms with van der Waals surface area (Å²) in [5.74, 6) is 0. The second kappa shape index (κ2) is 30.3. The number of hydrogen-bond acceptors (Lipinski definition) is 12. The van der Waals surface area contributed by atoms with Crippen molar-refractivity contribution in [2.45, 2.75) is 8.59 Å². The molecule has 52 heavy (non-hydrogen) atoms. The number of alkyl carbamates (subject to hydrolysis) is 4. The molecule has 2 aromatic rings. The monoisotopic (exact) mass is 920 g/mol. The average molecular weight is 924 g/mol. The first-order valence-electron chi connectivity index (χ1n) is 13.0. The Morgan fingerprint density at radius 2 is 0.596 bits per heavy atom. The molecule has 0 unspecified atom stereocenters. The number of ether oxygens (including phenoxy) is 4. The lowest BCUT2D eigenvalue weighted by molar-refractivity contribution is 0.176. The number of carbonyl (C=O) groups is 4. The third kappa shape index (κ3) is 28.4. The molecule has 4 amide bonds. The zero-order valence-corrected chi connectivity index (χ0v) is 34.7. The summed E-state index contributed by atoms with van der Waals surface area (Å²) in [4.78, 5) is 44.3. The predicted molar refractivity (Wildman–Crippen MR) is 223 cm³/mol. The number of hydrogen-bond donors (Lipinski definition) is 8. The summed E-state index contributed by atoms with van der Waals surface area (Å²) in [7, 11) is 4.91. The van der Waals surface area contributed by atoms with E-state index in [1.54, 1.807) is 48.5 Å². The van der Waals surface area contributed by atoms with Gasteiger partial charge in [0.25, 0.3) is 0 Å². The van der Waals surface area contributed by atoms with Crippen LogP contribution in [0.25, 0.3) is 0 Å². The van der Waals surface area contributed by atoms with Crippen LogP contribution in [0.1, 0.15) is 0 Å². The Balaban J connectivity index is 0. The number of halogens is 6. The van der Waals surface area contributed by atoms with Crippen molar-refractivity contribution in [3.63, 3.8) is 0 Å². The van der Waals surface area contributed by atoms with Gasteiger partial charge in [-0.3, -0.25) is 21.3 Å². The fourth-order valence-electron chi connectivity index (χ4n) is 2.59. The van der Waals surface area contributed by atoms with Crippen LogP contribution < -0.4 is 42.5 Å². The third-order valence-corrected chi connectivity index (χ3v) is 5.27. The van der Waals surface area contributed by atoms with Gasteiger partial charge in [-0.15, -0.1) is 0 Å². The fourth-order valence-corrected chi connectivity index (χ4v) is 3.36. The predicted octanol–water partition coefficient (Wildman–Crippen LogP) is 7.56. The number of thiocarbonyl (C=S) groups is 4. The minimum atomic E-state index is -0.750. The quantitative estimate of drug-likeness (QED) is 0.0848. The number of carbonyl (C=O) groups excluding carboxylic acids is 4. The number of nitrogens with one attached hydrogen (secondary N) is 8. The highest BCUT2D eigenvalue weighted by atomic mass is 35.6. The SMILES string of the molecule is COC(=O)NC(=S)Nc1ccccc1NC(=S)NC(=O)OC.COC(=O)NC(=S)Nc1ccccc1NC(=S)NC(=O)OC.ClC(Cl)Cl.ClC(Cl)Cl. The molecule has 0 aliphatic heterocycles. The van der Waals surface area contributed by atoms with E-state index >= 15 is 0 Å². The summed E-state index contributed by atoms with van der Waals surface area (Å²) in [6.45, 7) is 0. The van der Waals surface area contributed by atoms with E-state index in [2.05, 4.69) is 61.5 Å². The number of amides is 4. The minimum Gasteiger partial charge on any atom is -0.453 e.